The third kappa shape index (κ3) is 4.17. The van der Waals surface area contributed by atoms with Crippen molar-refractivity contribution in [2.24, 2.45) is 0 Å². The first kappa shape index (κ1) is 13.1. The number of carboxylic acids is 1. The van der Waals surface area contributed by atoms with E-state index in [1.54, 1.807) is 0 Å². The molecule has 0 aliphatic carbocycles. The molecule has 0 aliphatic rings. The van der Waals surface area contributed by atoms with Crippen LogP contribution in [0, 0.1) is 0 Å². The average Bonchev–Trinajstić information content (AvgIpc) is 2.15. The second kappa shape index (κ2) is 4.89. The molecule has 0 amide bonds. The minimum atomic E-state index is -4.31. The maximum Gasteiger partial charge on any atom is 0.392 e. The van der Waals surface area contributed by atoms with E-state index in [2.05, 4.69) is 4.98 Å². The number of nitrogens with two attached hydrogens (primary N) is 1. The van der Waals surface area contributed by atoms with Crippen LogP contribution in [0.1, 0.15) is 16.8 Å². The van der Waals surface area contributed by atoms with Gasteiger partial charge in [0.1, 0.15) is 11.4 Å². The highest BCUT2D eigenvalue weighted by atomic mass is 19.4. The Labute approximate surface area is 94.0 Å². The van der Waals surface area contributed by atoms with Crippen molar-refractivity contribution in [2.75, 3.05) is 12.3 Å². The fourth-order valence-electron chi connectivity index (χ4n) is 0.989. The van der Waals surface area contributed by atoms with Gasteiger partial charge in [-0.15, -0.1) is 0 Å². The minimum Gasteiger partial charge on any atom is -0.478 e. The number of halogens is 3. The van der Waals surface area contributed by atoms with Crippen LogP contribution in [0.5, 0.6) is 5.88 Å². The highest BCUT2D eigenvalue weighted by Gasteiger charge is 2.27. The molecule has 0 fully saturated rings. The Kier molecular flexibility index (Phi) is 3.77. The molecule has 1 rings (SSSR count). The second-order valence-electron chi connectivity index (χ2n) is 3.10. The number of hydrogen-bond acceptors (Lipinski definition) is 4. The Morgan fingerprint density at radius 2 is 2.12 bits per heavy atom. The van der Waals surface area contributed by atoms with Crippen LogP contribution in [-0.4, -0.2) is 28.8 Å². The SMILES string of the molecule is Nc1nc(OCCC(F)(F)F)ccc1C(=O)O. The van der Waals surface area contributed by atoms with Gasteiger partial charge in [0.2, 0.25) is 5.88 Å². The quantitative estimate of drug-likeness (QED) is 0.849. The van der Waals surface area contributed by atoms with Crippen LogP contribution in [0.15, 0.2) is 12.1 Å². The highest BCUT2D eigenvalue weighted by Crippen LogP contribution is 2.20. The van der Waals surface area contributed by atoms with Crippen molar-refractivity contribution in [3.05, 3.63) is 17.7 Å². The van der Waals surface area contributed by atoms with E-state index in [1.807, 2.05) is 0 Å². The molecule has 17 heavy (non-hydrogen) atoms. The van der Waals surface area contributed by atoms with E-state index in [4.69, 9.17) is 15.6 Å². The van der Waals surface area contributed by atoms with Gasteiger partial charge in [0.05, 0.1) is 13.0 Å². The van der Waals surface area contributed by atoms with E-state index in [0.717, 1.165) is 12.1 Å². The van der Waals surface area contributed by atoms with E-state index in [0.29, 0.717) is 0 Å². The number of aromatic nitrogens is 1. The number of nitrogen functional groups attached to an aromatic ring is 1. The van der Waals surface area contributed by atoms with Gasteiger partial charge in [-0.05, 0) is 6.07 Å². The van der Waals surface area contributed by atoms with Gasteiger partial charge < -0.3 is 15.6 Å². The number of ether oxygens (including phenoxy) is 1. The van der Waals surface area contributed by atoms with Crippen molar-refractivity contribution in [3.63, 3.8) is 0 Å². The number of nitrogens with zero attached hydrogens (tertiary/aromatic N) is 1. The van der Waals surface area contributed by atoms with Crippen LogP contribution >= 0.6 is 0 Å². The molecule has 0 aliphatic heterocycles. The van der Waals surface area contributed by atoms with E-state index in [-0.39, 0.29) is 17.3 Å². The normalized spacial score (nSPS) is 11.2. The monoisotopic (exact) mass is 250 g/mol. The van der Waals surface area contributed by atoms with Crippen LogP contribution in [0.2, 0.25) is 0 Å². The third-order valence-corrected chi connectivity index (χ3v) is 1.77. The molecule has 0 atom stereocenters. The first-order valence-electron chi connectivity index (χ1n) is 4.49. The Morgan fingerprint density at radius 1 is 1.47 bits per heavy atom. The van der Waals surface area contributed by atoms with Crippen LogP contribution in [0.4, 0.5) is 19.0 Å². The van der Waals surface area contributed by atoms with Crippen LogP contribution in [0.3, 0.4) is 0 Å². The summed E-state index contributed by atoms with van der Waals surface area (Å²) in [5.41, 5.74) is 5.06. The van der Waals surface area contributed by atoms with Crippen LogP contribution in [-0.2, 0) is 0 Å². The standard InChI is InChI=1S/C9H9F3N2O3/c10-9(11,12)3-4-17-6-2-1-5(8(15)16)7(13)14-6/h1-2H,3-4H2,(H2,13,14)(H,15,16). The molecule has 0 saturated carbocycles. The van der Waals surface area contributed by atoms with Crippen molar-refractivity contribution in [2.45, 2.75) is 12.6 Å². The van der Waals surface area contributed by atoms with Gasteiger partial charge in [0.15, 0.2) is 0 Å². The predicted octanol–water partition coefficient (Wildman–Crippen LogP) is 1.69. The lowest BCUT2D eigenvalue weighted by molar-refractivity contribution is -0.139. The molecular weight excluding hydrogens is 241 g/mol. The summed E-state index contributed by atoms with van der Waals surface area (Å²) < 4.78 is 40.1. The summed E-state index contributed by atoms with van der Waals surface area (Å²) in [6.07, 6.45) is -5.43. The molecule has 5 nitrogen and oxygen atoms in total. The molecule has 1 aromatic heterocycles. The van der Waals surface area contributed by atoms with Crippen molar-refractivity contribution in [3.8, 4) is 5.88 Å². The smallest absolute Gasteiger partial charge is 0.392 e. The second-order valence-corrected chi connectivity index (χ2v) is 3.10. The zero-order valence-electron chi connectivity index (χ0n) is 8.49. The summed E-state index contributed by atoms with van der Waals surface area (Å²) in [5, 5.41) is 8.63. The topological polar surface area (TPSA) is 85.4 Å². The van der Waals surface area contributed by atoms with Gasteiger partial charge >= 0.3 is 12.1 Å². The van der Waals surface area contributed by atoms with Crippen LogP contribution < -0.4 is 10.5 Å². The molecule has 3 N–H and O–H groups in total. The molecule has 8 heteroatoms. The zero-order valence-corrected chi connectivity index (χ0v) is 8.49. The fourth-order valence-corrected chi connectivity index (χ4v) is 0.989. The van der Waals surface area contributed by atoms with E-state index in [1.165, 1.54) is 0 Å². The maximum atomic E-state index is 11.8. The number of pyridine rings is 1. The number of anilines is 1. The molecule has 0 aromatic carbocycles. The van der Waals surface area contributed by atoms with Crippen molar-refractivity contribution >= 4 is 11.8 Å². The van der Waals surface area contributed by atoms with Crippen molar-refractivity contribution < 1.29 is 27.8 Å². The molecule has 0 bridgehead atoms. The Hall–Kier alpha value is -1.99. The summed E-state index contributed by atoms with van der Waals surface area (Å²) in [7, 11) is 0. The number of rotatable bonds is 4. The first-order valence-corrected chi connectivity index (χ1v) is 4.49. The fraction of sp³-hybridized carbons (Fsp3) is 0.333. The van der Waals surface area contributed by atoms with Gasteiger partial charge in [0.25, 0.3) is 0 Å². The lowest BCUT2D eigenvalue weighted by atomic mass is 10.2. The van der Waals surface area contributed by atoms with Gasteiger partial charge in [-0.3, -0.25) is 0 Å². The minimum absolute atomic E-state index is 0.142. The molecule has 94 valence electrons. The molecule has 1 aromatic rings. The van der Waals surface area contributed by atoms with Gasteiger partial charge in [-0.1, -0.05) is 0 Å². The molecule has 0 radical (unpaired) electrons. The number of hydrogen-bond donors (Lipinski definition) is 2. The van der Waals surface area contributed by atoms with Crippen molar-refractivity contribution in [1.82, 2.24) is 4.98 Å². The Balaban J connectivity index is 2.62. The highest BCUT2D eigenvalue weighted by molar-refractivity contribution is 5.92. The predicted molar refractivity (Wildman–Crippen MR) is 51.8 cm³/mol. The number of alkyl halides is 3. The molecular formula is C9H9F3N2O3. The van der Waals surface area contributed by atoms with E-state index < -0.39 is 25.2 Å². The summed E-state index contributed by atoms with van der Waals surface area (Å²) in [6.45, 7) is -0.595. The van der Waals surface area contributed by atoms with E-state index in [9.17, 15) is 18.0 Å². The van der Waals surface area contributed by atoms with E-state index >= 15 is 0 Å². The summed E-state index contributed by atoms with van der Waals surface area (Å²) in [6, 6.07) is 2.27. The molecule has 0 spiro atoms. The summed E-state index contributed by atoms with van der Waals surface area (Å²) in [5.74, 6) is -1.71. The Bertz CT molecular complexity index is 420. The molecule has 0 saturated heterocycles. The largest absolute Gasteiger partial charge is 0.478 e. The lowest BCUT2D eigenvalue weighted by Crippen LogP contribution is -2.14. The van der Waals surface area contributed by atoms with Gasteiger partial charge in [-0.2, -0.15) is 18.2 Å². The first-order chi connectivity index (χ1) is 7.79. The van der Waals surface area contributed by atoms with Crippen molar-refractivity contribution in [1.29, 1.82) is 0 Å². The summed E-state index contributed by atoms with van der Waals surface area (Å²) >= 11 is 0. The third-order valence-electron chi connectivity index (χ3n) is 1.77. The Morgan fingerprint density at radius 3 is 2.59 bits per heavy atom. The molecule has 0 unspecified atom stereocenters. The lowest BCUT2D eigenvalue weighted by Gasteiger charge is -2.08. The number of carboxylic acid groups (broad SMARTS) is 1. The van der Waals surface area contributed by atoms with Gasteiger partial charge in [0, 0.05) is 6.07 Å². The zero-order chi connectivity index (χ0) is 13.1. The molecule has 1 heterocycles. The maximum absolute atomic E-state index is 11.8. The summed E-state index contributed by atoms with van der Waals surface area (Å²) in [4.78, 5) is 14.1. The van der Waals surface area contributed by atoms with Gasteiger partial charge in [-0.25, -0.2) is 4.79 Å². The van der Waals surface area contributed by atoms with Crippen LogP contribution in [0.25, 0.3) is 0 Å². The number of carbonyl (C=O) groups is 1. The number of aromatic carboxylic acids is 1. The average molecular weight is 250 g/mol.